The van der Waals surface area contributed by atoms with Gasteiger partial charge in [0.1, 0.15) is 23.9 Å². The van der Waals surface area contributed by atoms with Crippen molar-refractivity contribution in [1.29, 1.82) is 0 Å². The predicted octanol–water partition coefficient (Wildman–Crippen LogP) is -2.13. The Labute approximate surface area is 196 Å². The lowest BCUT2D eigenvalue weighted by Crippen LogP contribution is -2.81. The van der Waals surface area contributed by atoms with Gasteiger partial charge in [-0.1, -0.05) is 6.07 Å². The van der Waals surface area contributed by atoms with E-state index in [1.807, 2.05) is 0 Å². The second-order valence-corrected chi connectivity index (χ2v) is 9.39. The number of fused-ring (bicyclic) bond motifs is 2. The van der Waals surface area contributed by atoms with Gasteiger partial charge in [0.25, 0.3) is 0 Å². The van der Waals surface area contributed by atoms with Crippen LogP contribution in [0.15, 0.2) is 18.2 Å². The summed E-state index contributed by atoms with van der Waals surface area (Å²) in [6.07, 6.45) is -6.12. The number of phenols is 1. The van der Waals surface area contributed by atoms with Crippen LogP contribution in [0.5, 0.6) is 5.75 Å². The van der Waals surface area contributed by atoms with Gasteiger partial charge in [0.05, 0.1) is 24.3 Å². The van der Waals surface area contributed by atoms with Crippen LogP contribution >= 0.6 is 0 Å². The second kappa shape index (κ2) is 9.54. The van der Waals surface area contributed by atoms with Crippen molar-refractivity contribution in [3.05, 3.63) is 29.6 Å². The van der Waals surface area contributed by atoms with Crippen LogP contribution < -0.4 is 16.0 Å². The summed E-state index contributed by atoms with van der Waals surface area (Å²) in [7, 11) is 3.22. The Balaban J connectivity index is 1.56. The Hall–Kier alpha value is -1.45. The Morgan fingerprint density at radius 3 is 2.41 bits per heavy atom. The molecule has 0 radical (unpaired) electrons. The van der Waals surface area contributed by atoms with E-state index in [2.05, 4.69) is 16.0 Å². The van der Waals surface area contributed by atoms with Crippen molar-refractivity contribution in [3.8, 4) is 5.75 Å². The quantitative estimate of drug-likeness (QED) is 0.221. The van der Waals surface area contributed by atoms with Gasteiger partial charge >= 0.3 is 0 Å². The van der Waals surface area contributed by atoms with Crippen LogP contribution in [0.4, 0.5) is 4.39 Å². The van der Waals surface area contributed by atoms with Gasteiger partial charge in [-0.3, -0.25) is 0 Å². The number of phenolic OH excluding ortho intramolecular Hbond substituents is 1. The minimum atomic E-state index is -2.32. The first kappa shape index (κ1) is 25.6. The molecule has 2 heterocycles. The van der Waals surface area contributed by atoms with Crippen molar-refractivity contribution < 1.29 is 44.1 Å². The molecule has 34 heavy (non-hydrogen) atoms. The third kappa shape index (κ3) is 4.22. The molecule has 11 nitrogen and oxygen atoms in total. The van der Waals surface area contributed by atoms with Crippen LogP contribution in [-0.4, -0.2) is 106 Å². The molecule has 8 N–H and O–H groups in total. The molecular weight excluding hydrogens is 453 g/mol. The van der Waals surface area contributed by atoms with E-state index >= 15 is 0 Å². The van der Waals surface area contributed by atoms with Crippen LogP contribution in [0.1, 0.15) is 18.9 Å². The number of hydrogen-bond donors (Lipinski definition) is 8. The maximum absolute atomic E-state index is 13.3. The van der Waals surface area contributed by atoms with Crippen molar-refractivity contribution in [3.63, 3.8) is 0 Å². The molecule has 1 aromatic carbocycles. The maximum atomic E-state index is 13.3. The van der Waals surface area contributed by atoms with Gasteiger partial charge in [-0.2, -0.15) is 0 Å². The van der Waals surface area contributed by atoms with Gasteiger partial charge in [0.2, 0.25) is 12.1 Å². The minimum absolute atomic E-state index is 0.00309. The highest BCUT2D eigenvalue weighted by molar-refractivity contribution is 5.29. The molecule has 0 spiro atoms. The molecule has 1 saturated carbocycles. The summed E-state index contributed by atoms with van der Waals surface area (Å²) >= 11 is 0. The Kier molecular flexibility index (Phi) is 7.20. The van der Waals surface area contributed by atoms with Crippen LogP contribution in [-0.2, 0) is 20.8 Å². The molecule has 0 aromatic heterocycles. The van der Waals surface area contributed by atoms with Gasteiger partial charge < -0.3 is 55.7 Å². The van der Waals surface area contributed by atoms with E-state index in [4.69, 9.17) is 14.2 Å². The van der Waals surface area contributed by atoms with E-state index in [-0.39, 0.29) is 19.5 Å². The average molecular weight is 488 g/mol. The van der Waals surface area contributed by atoms with Gasteiger partial charge in [0, 0.05) is 19.5 Å². The molecule has 1 aliphatic carbocycles. The van der Waals surface area contributed by atoms with Crippen molar-refractivity contribution in [1.82, 2.24) is 16.0 Å². The molecule has 10 atom stereocenters. The first-order valence-electron chi connectivity index (χ1n) is 11.4. The van der Waals surface area contributed by atoms with Crippen molar-refractivity contribution in [2.24, 2.45) is 0 Å². The van der Waals surface area contributed by atoms with Crippen LogP contribution in [0, 0.1) is 5.82 Å². The number of nitrogens with one attached hydrogen (secondary N) is 3. The van der Waals surface area contributed by atoms with Gasteiger partial charge in [0.15, 0.2) is 11.6 Å². The van der Waals surface area contributed by atoms with E-state index in [9.17, 15) is 29.9 Å². The lowest BCUT2D eigenvalue weighted by molar-refractivity contribution is -0.482. The number of halogens is 1. The SMILES string of the molecule is CN[C@@H]1[C@H](O)[C@H](NC)[C@H]2O[C@]3(O)[C@H](O[C@@H]2[C@H]1O)O[C@H](C)C[C@@]3(O)CNCc1ccc(F)c(O)c1. The molecule has 2 aliphatic heterocycles. The third-order valence-electron chi connectivity index (χ3n) is 7.11. The summed E-state index contributed by atoms with van der Waals surface area (Å²) in [5, 5.41) is 63.1. The zero-order valence-corrected chi connectivity index (χ0v) is 19.3. The highest BCUT2D eigenvalue weighted by Crippen LogP contribution is 2.46. The van der Waals surface area contributed by atoms with Crippen LogP contribution in [0.25, 0.3) is 0 Å². The number of aromatic hydroxyl groups is 1. The maximum Gasteiger partial charge on any atom is 0.249 e. The fourth-order valence-corrected chi connectivity index (χ4v) is 5.31. The number of ether oxygens (including phenoxy) is 3. The first-order chi connectivity index (χ1) is 16.0. The van der Waals surface area contributed by atoms with Crippen molar-refractivity contribution >= 4 is 0 Å². The standard InChI is InChI=1S/C22H34FN3O8/c1-10-7-21(30,9-26-8-11-4-5-12(23)13(27)6-11)22(31)20(32-10)33-19-17(29)14(24-2)16(28)15(25-3)18(19)34-22/h4-6,10,14-20,24-31H,7-9H2,1-3H3/t10-,14-,15+,16+,17+,18-,19-,20+,21-,22-/m1/s1. The Morgan fingerprint density at radius 2 is 1.76 bits per heavy atom. The first-order valence-corrected chi connectivity index (χ1v) is 11.4. The third-order valence-corrected chi connectivity index (χ3v) is 7.11. The smallest absolute Gasteiger partial charge is 0.249 e. The summed E-state index contributed by atoms with van der Waals surface area (Å²) in [5.41, 5.74) is -1.31. The number of rotatable bonds is 6. The highest BCUT2D eigenvalue weighted by Gasteiger charge is 2.68. The minimum Gasteiger partial charge on any atom is -0.505 e. The fraction of sp³-hybridized carbons (Fsp3) is 0.727. The number of aliphatic hydroxyl groups excluding tert-OH is 2. The molecule has 0 unspecified atom stereocenters. The molecule has 192 valence electrons. The van der Waals surface area contributed by atoms with E-state index < -0.39 is 71.8 Å². The molecule has 0 amide bonds. The number of aliphatic hydroxyl groups is 4. The molecule has 3 aliphatic rings. The van der Waals surface area contributed by atoms with E-state index in [0.29, 0.717) is 5.56 Å². The summed E-state index contributed by atoms with van der Waals surface area (Å²) in [5.74, 6) is -3.55. The molecule has 2 saturated heterocycles. The lowest BCUT2D eigenvalue weighted by Gasteiger charge is -2.60. The summed E-state index contributed by atoms with van der Waals surface area (Å²) in [4.78, 5) is 0. The van der Waals surface area contributed by atoms with Gasteiger partial charge in [-0.25, -0.2) is 4.39 Å². The number of likely N-dealkylation sites (N-methyl/N-ethyl adjacent to an activating group) is 2. The number of benzene rings is 1. The van der Waals surface area contributed by atoms with Crippen molar-refractivity contribution in [2.45, 2.75) is 80.2 Å². The van der Waals surface area contributed by atoms with Gasteiger partial charge in [-0.05, 0) is 38.7 Å². The summed E-state index contributed by atoms with van der Waals surface area (Å²) in [6.45, 7) is 1.73. The summed E-state index contributed by atoms with van der Waals surface area (Å²) < 4.78 is 31.1. The van der Waals surface area contributed by atoms with Crippen molar-refractivity contribution in [2.75, 3.05) is 20.6 Å². The van der Waals surface area contributed by atoms with Crippen LogP contribution in [0.2, 0.25) is 0 Å². The topological polar surface area (TPSA) is 165 Å². The fourth-order valence-electron chi connectivity index (χ4n) is 5.31. The van der Waals surface area contributed by atoms with Crippen LogP contribution in [0.3, 0.4) is 0 Å². The largest absolute Gasteiger partial charge is 0.505 e. The van der Waals surface area contributed by atoms with E-state index in [0.717, 1.165) is 6.07 Å². The van der Waals surface area contributed by atoms with E-state index in [1.165, 1.54) is 12.1 Å². The van der Waals surface area contributed by atoms with Gasteiger partial charge in [-0.15, -0.1) is 0 Å². The molecule has 0 bridgehead atoms. The molecule has 1 aromatic rings. The average Bonchev–Trinajstić information content (AvgIpc) is 2.77. The zero-order chi connectivity index (χ0) is 24.8. The normalized spacial score (nSPS) is 44.4. The lowest BCUT2D eigenvalue weighted by atomic mass is 9.77. The monoisotopic (exact) mass is 487 g/mol. The highest BCUT2D eigenvalue weighted by atomic mass is 19.1. The molecule has 4 rings (SSSR count). The summed E-state index contributed by atoms with van der Waals surface area (Å²) in [6, 6.07) is 2.44. The molecular formula is C22H34FN3O8. The Bertz CT molecular complexity index is 883. The molecule has 12 heteroatoms. The molecule has 3 fully saturated rings. The van der Waals surface area contributed by atoms with E-state index in [1.54, 1.807) is 21.0 Å². The predicted molar refractivity (Wildman–Crippen MR) is 116 cm³/mol. The second-order valence-electron chi connectivity index (χ2n) is 9.39. The number of hydrogen-bond acceptors (Lipinski definition) is 11. The zero-order valence-electron chi connectivity index (χ0n) is 19.3. The Morgan fingerprint density at radius 1 is 1.06 bits per heavy atom.